The highest BCUT2D eigenvalue weighted by Gasteiger charge is 2.45. The molecule has 5 aliphatic heterocycles. The Labute approximate surface area is 430 Å². The van der Waals surface area contributed by atoms with Crippen LogP contribution < -0.4 is 35.8 Å². The molecular weight excluding hydrogens is 1020 g/mol. The van der Waals surface area contributed by atoms with Gasteiger partial charge in [-0.05, 0) is 104 Å². The van der Waals surface area contributed by atoms with E-state index in [-0.39, 0.29) is 12.8 Å². The molecule has 4 fully saturated rings. The third kappa shape index (κ3) is 9.54. The number of piperidine rings is 2. The second kappa shape index (κ2) is 19.6. The van der Waals surface area contributed by atoms with Crippen LogP contribution in [0.1, 0.15) is 46.4 Å². The number of benzene rings is 3. The maximum Gasteiger partial charge on any atom is 0.262 e. The van der Waals surface area contributed by atoms with Crippen LogP contribution in [0, 0.1) is 5.92 Å². The molecule has 0 aliphatic carbocycles. The summed E-state index contributed by atoms with van der Waals surface area (Å²) in [4.78, 5) is 80.1. The SMILES string of the molecule is COc1cc(N2CCN(CC3CCN(C4CN(c5ccc6c(c5)C(=O)N(C5CCC(=O)NC5=O)C6=O)C4)CC3)CC2)c(-c2cnn(C)c2)cc1Nc1ncc(Br)c(Nc2ccc3nccnc3c2P(C)(C)=O)n1. The van der Waals surface area contributed by atoms with Gasteiger partial charge in [0, 0.05) is 119 Å². The Morgan fingerprint density at radius 2 is 1.59 bits per heavy atom. The minimum absolute atomic E-state index is 0.0898. The Balaban J connectivity index is 0.707. The Kier molecular flexibility index (Phi) is 13.0. The van der Waals surface area contributed by atoms with Crippen LogP contribution in [0.2, 0.25) is 0 Å². The molecule has 0 spiro atoms. The van der Waals surface area contributed by atoms with Gasteiger partial charge in [0.25, 0.3) is 11.8 Å². The lowest BCUT2D eigenvalue weighted by molar-refractivity contribution is -0.136. The molecule has 4 amide bonds. The highest BCUT2D eigenvalue weighted by atomic mass is 79.9. The molecule has 3 N–H and O–H groups in total. The van der Waals surface area contributed by atoms with Gasteiger partial charge in [-0.1, -0.05) is 0 Å². The first-order valence-corrected chi connectivity index (χ1v) is 28.0. The van der Waals surface area contributed by atoms with Gasteiger partial charge in [-0.15, -0.1) is 0 Å². The third-order valence-electron chi connectivity index (χ3n) is 14.8. The normalized spacial score (nSPS) is 19.4. The zero-order chi connectivity index (χ0) is 50.7. The summed E-state index contributed by atoms with van der Waals surface area (Å²) < 4.78 is 22.1. The number of aryl methyl sites for hydroxylation is 1. The number of piperazine rings is 1. The van der Waals surface area contributed by atoms with Crippen molar-refractivity contribution in [3.05, 3.63) is 89.0 Å². The highest BCUT2D eigenvalue weighted by molar-refractivity contribution is 9.10. The number of halogens is 1. The zero-order valence-corrected chi connectivity index (χ0v) is 43.5. The van der Waals surface area contributed by atoms with Crippen molar-refractivity contribution in [1.29, 1.82) is 0 Å². The van der Waals surface area contributed by atoms with Crippen molar-refractivity contribution >= 4 is 97.6 Å². The van der Waals surface area contributed by atoms with Crippen molar-refractivity contribution in [3.63, 3.8) is 0 Å². The average molecular weight is 1070 g/mol. The number of imide groups is 2. The second-order valence-electron chi connectivity index (χ2n) is 19.9. The first kappa shape index (κ1) is 48.5. The van der Waals surface area contributed by atoms with Gasteiger partial charge in [0.2, 0.25) is 17.8 Å². The van der Waals surface area contributed by atoms with Crippen LogP contribution in [0.25, 0.3) is 22.2 Å². The number of rotatable bonds is 13. The number of amides is 4. The first-order valence-electron chi connectivity index (χ1n) is 24.6. The standard InChI is InChI=1S/C51H56BrN14O6P/c1-61-27-31(24-56-61)35-22-40(58-51-55-25-37(52)47(60-51)57-39-8-7-38-45(54-14-13-53-38)46(39)73(3,4)71)43(72-2)23-42(35)64-19-17-62(18-20-64)26-30-11-15-63(16-12-30)33-28-65(29-33)32-5-6-34-36(21-32)50(70)66(49(34)69)41-9-10-44(67)59-48(41)68/h5-8,13-14,21-25,27,30,33,41H,9-12,15-20,26,28-29H2,1-4H3,(H,59,67,68)(H2,55,57,58,60). The van der Waals surface area contributed by atoms with Crippen molar-refractivity contribution < 1.29 is 28.5 Å². The average Bonchev–Trinajstić information content (AvgIpc) is 3.90. The van der Waals surface area contributed by atoms with Crippen LogP contribution in [-0.2, 0) is 21.2 Å². The highest BCUT2D eigenvalue weighted by Crippen LogP contribution is 2.43. The van der Waals surface area contributed by atoms with Gasteiger partial charge in [0.05, 0.1) is 51.1 Å². The van der Waals surface area contributed by atoms with Gasteiger partial charge in [0.1, 0.15) is 30.3 Å². The van der Waals surface area contributed by atoms with E-state index in [1.54, 1.807) is 55.8 Å². The fraction of sp³-hybridized carbons (Fsp3) is 0.392. The predicted octanol–water partition coefficient (Wildman–Crippen LogP) is 5.45. The Bertz CT molecular complexity index is 3230. The van der Waals surface area contributed by atoms with Gasteiger partial charge in [0.15, 0.2) is 0 Å². The lowest BCUT2D eigenvalue weighted by Crippen LogP contribution is -2.61. The number of nitrogens with zero attached hydrogens (tertiary/aromatic N) is 11. The predicted molar refractivity (Wildman–Crippen MR) is 282 cm³/mol. The number of likely N-dealkylation sites (tertiary alicyclic amines) is 1. The van der Waals surface area contributed by atoms with E-state index in [9.17, 15) is 23.7 Å². The molecule has 0 saturated carbocycles. The molecule has 1 atom stereocenters. The van der Waals surface area contributed by atoms with Crippen LogP contribution in [0.5, 0.6) is 5.75 Å². The summed E-state index contributed by atoms with van der Waals surface area (Å²) in [6, 6.07) is 12.7. The summed E-state index contributed by atoms with van der Waals surface area (Å²) in [5, 5.41) is 14.2. The number of hydrogen-bond donors (Lipinski definition) is 3. The molecule has 3 aromatic carbocycles. The number of methoxy groups -OCH3 is 1. The fourth-order valence-corrected chi connectivity index (χ4v) is 12.6. The van der Waals surface area contributed by atoms with Crippen LogP contribution in [0.15, 0.2) is 77.9 Å². The second-order valence-corrected chi connectivity index (χ2v) is 23.9. The molecule has 3 aromatic heterocycles. The van der Waals surface area contributed by atoms with Gasteiger partial charge in [-0.3, -0.25) is 53.8 Å². The van der Waals surface area contributed by atoms with Crippen molar-refractivity contribution in [3.8, 4) is 16.9 Å². The first-order chi connectivity index (χ1) is 35.2. The summed E-state index contributed by atoms with van der Waals surface area (Å²) in [6.07, 6.45) is 11.3. The minimum Gasteiger partial charge on any atom is -0.494 e. The molecule has 378 valence electrons. The van der Waals surface area contributed by atoms with E-state index in [0.717, 1.165) is 99.1 Å². The zero-order valence-electron chi connectivity index (χ0n) is 41.0. The van der Waals surface area contributed by atoms with Gasteiger partial charge in [-0.2, -0.15) is 10.1 Å². The molecule has 1 unspecified atom stereocenters. The summed E-state index contributed by atoms with van der Waals surface area (Å²) in [6.45, 7) is 11.9. The fourth-order valence-electron chi connectivity index (χ4n) is 10.9. The number of ether oxygens (including phenoxy) is 1. The number of nitrogens with one attached hydrogen (secondary N) is 3. The molecule has 8 heterocycles. The number of anilines is 6. The smallest absolute Gasteiger partial charge is 0.262 e. The van der Waals surface area contributed by atoms with E-state index in [2.05, 4.69) is 83.7 Å². The van der Waals surface area contributed by atoms with Crippen molar-refractivity contribution in [1.82, 2.24) is 49.7 Å². The quantitative estimate of drug-likeness (QED) is 0.0968. The van der Waals surface area contributed by atoms with E-state index >= 15 is 0 Å². The van der Waals surface area contributed by atoms with Crippen molar-refractivity contribution in [2.75, 3.05) is 99.8 Å². The maximum atomic E-state index is 13.6. The topological polar surface area (TPSA) is 216 Å². The summed E-state index contributed by atoms with van der Waals surface area (Å²) in [7, 11) is 0.761. The number of hydrogen-bond acceptors (Lipinski definition) is 17. The largest absolute Gasteiger partial charge is 0.494 e. The van der Waals surface area contributed by atoms with Crippen molar-refractivity contribution in [2.24, 2.45) is 13.0 Å². The molecule has 11 rings (SSSR count). The van der Waals surface area contributed by atoms with Gasteiger partial charge < -0.3 is 29.7 Å². The molecule has 0 bridgehead atoms. The van der Waals surface area contributed by atoms with Gasteiger partial charge >= 0.3 is 0 Å². The molecule has 20 nitrogen and oxygen atoms in total. The third-order valence-corrected chi connectivity index (χ3v) is 16.9. The molecule has 22 heteroatoms. The molecule has 5 aliphatic rings. The summed E-state index contributed by atoms with van der Waals surface area (Å²) in [5.41, 5.74) is 7.08. The number of carbonyl (C=O) groups is 4. The maximum absolute atomic E-state index is 13.6. The van der Waals surface area contributed by atoms with Crippen LogP contribution >= 0.6 is 23.1 Å². The molecule has 0 radical (unpaired) electrons. The van der Waals surface area contributed by atoms with E-state index in [0.29, 0.717) is 72.8 Å². The van der Waals surface area contributed by atoms with E-state index in [1.165, 1.54) is 0 Å². The monoisotopic (exact) mass is 1070 g/mol. The molecule has 6 aromatic rings. The van der Waals surface area contributed by atoms with E-state index < -0.39 is 36.8 Å². The van der Waals surface area contributed by atoms with Gasteiger partial charge in [-0.25, -0.2) is 4.98 Å². The van der Waals surface area contributed by atoms with Crippen LogP contribution in [0.3, 0.4) is 0 Å². The lowest BCUT2D eigenvalue weighted by atomic mass is 9.93. The lowest BCUT2D eigenvalue weighted by Gasteiger charge is -2.49. The molecular formula is C51H56BrN14O6P. The summed E-state index contributed by atoms with van der Waals surface area (Å²) in [5.74, 6) is 0.0921. The molecule has 73 heavy (non-hydrogen) atoms. The number of aromatic nitrogens is 6. The van der Waals surface area contributed by atoms with Crippen molar-refractivity contribution in [2.45, 2.75) is 37.8 Å². The Morgan fingerprint density at radius 1 is 0.822 bits per heavy atom. The molecule has 4 saturated heterocycles. The summed E-state index contributed by atoms with van der Waals surface area (Å²) >= 11 is 3.61. The Hall–Kier alpha value is -6.80. The number of carbonyl (C=O) groups excluding carboxylic acids is 4. The number of fused-ring (bicyclic) bond motifs is 2. The Morgan fingerprint density at radius 3 is 2.32 bits per heavy atom. The van der Waals surface area contributed by atoms with Crippen LogP contribution in [0.4, 0.5) is 34.5 Å². The van der Waals surface area contributed by atoms with E-state index in [4.69, 9.17) is 9.72 Å². The van der Waals surface area contributed by atoms with Crippen LogP contribution in [-0.4, -0.2) is 159 Å². The van der Waals surface area contributed by atoms with E-state index in [1.807, 2.05) is 37.6 Å². The minimum atomic E-state index is -2.81.